The molecule has 1 N–H and O–H groups in total. The molecule has 0 saturated heterocycles. The molecular weight excluding hydrogens is 250 g/mol. The van der Waals surface area contributed by atoms with E-state index in [2.05, 4.69) is 10.3 Å². The summed E-state index contributed by atoms with van der Waals surface area (Å²) in [6.45, 7) is 2.00. The molecule has 5 heteroatoms. The van der Waals surface area contributed by atoms with Crippen molar-refractivity contribution < 1.29 is 13.5 Å². The Morgan fingerprint density at radius 1 is 1.26 bits per heavy atom. The van der Waals surface area contributed by atoms with Crippen molar-refractivity contribution in [3.8, 4) is 11.6 Å². The van der Waals surface area contributed by atoms with Crippen molar-refractivity contribution in [1.82, 2.24) is 10.3 Å². The average molecular weight is 264 g/mol. The van der Waals surface area contributed by atoms with Crippen LogP contribution in [0.15, 0.2) is 30.5 Å². The van der Waals surface area contributed by atoms with Crippen LogP contribution in [0.4, 0.5) is 8.78 Å². The van der Waals surface area contributed by atoms with Crippen LogP contribution < -0.4 is 10.1 Å². The largest absolute Gasteiger partial charge is 0.436 e. The number of aryl methyl sites for hydroxylation is 1. The Bertz CT molecular complexity index is 588. The predicted molar refractivity (Wildman–Crippen MR) is 68.2 cm³/mol. The number of nitrogens with one attached hydrogen (secondary N) is 1. The van der Waals surface area contributed by atoms with E-state index in [-0.39, 0.29) is 11.7 Å². The van der Waals surface area contributed by atoms with Crippen LogP contribution in [0.2, 0.25) is 0 Å². The van der Waals surface area contributed by atoms with E-state index in [1.807, 2.05) is 0 Å². The maximum absolute atomic E-state index is 14.0. The first-order valence-corrected chi connectivity index (χ1v) is 5.84. The summed E-state index contributed by atoms with van der Waals surface area (Å²) in [7, 11) is 1.73. The molecule has 0 radical (unpaired) electrons. The molecule has 1 aromatic carbocycles. The molecule has 19 heavy (non-hydrogen) atoms. The Morgan fingerprint density at radius 2 is 2.05 bits per heavy atom. The molecule has 0 fully saturated rings. The fraction of sp³-hybridized carbons (Fsp3) is 0.214. The highest BCUT2D eigenvalue weighted by atomic mass is 19.1. The lowest BCUT2D eigenvalue weighted by Crippen LogP contribution is -2.08. The van der Waals surface area contributed by atoms with Gasteiger partial charge in [0.25, 0.3) is 5.88 Å². The number of hydrogen-bond donors (Lipinski definition) is 1. The zero-order valence-corrected chi connectivity index (χ0v) is 10.7. The minimum absolute atomic E-state index is 0.112. The summed E-state index contributed by atoms with van der Waals surface area (Å²) in [6.07, 6.45) is 1.47. The summed E-state index contributed by atoms with van der Waals surface area (Å²) >= 11 is 0. The van der Waals surface area contributed by atoms with Gasteiger partial charge in [0.2, 0.25) is 0 Å². The van der Waals surface area contributed by atoms with Crippen LogP contribution in [0.3, 0.4) is 0 Å². The molecule has 0 atom stereocenters. The monoisotopic (exact) mass is 264 g/mol. The molecule has 2 rings (SSSR count). The third kappa shape index (κ3) is 3.06. The second-order valence-electron chi connectivity index (χ2n) is 4.13. The van der Waals surface area contributed by atoms with E-state index < -0.39 is 5.82 Å². The van der Waals surface area contributed by atoms with Crippen molar-refractivity contribution in [3.05, 3.63) is 53.2 Å². The average Bonchev–Trinajstić information content (AvgIpc) is 2.39. The first kappa shape index (κ1) is 13.4. The number of rotatable bonds is 4. The molecule has 0 aliphatic heterocycles. The molecular formula is C14H14F2N2O. The minimum atomic E-state index is -0.515. The number of halogens is 2. The van der Waals surface area contributed by atoms with Crippen LogP contribution in [0.5, 0.6) is 11.6 Å². The second kappa shape index (κ2) is 5.75. The normalized spacial score (nSPS) is 10.5. The molecule has 0 amide bonds. The Labute approximate surface area is 110 Å². The maximum Gasteiger partial charge on any atom is 0.256 e. The molecule has 2 aromatic rings. The molecule has 0 unspecified atom stereocenters. The van der Waals surface area contributed by atoms with Gasteiger partial charge < -0.3 is 10.1 Å². The van der Waals surface area contributed by atoms with Gasteiger partial charge in [0.05, 0.1) is 0 Å². The molecule has 100 valence electrons. The fourth-order valence-electron chi connectivity index (χ4n) is 1.65. The van der Waals surface area contributed by atoms with E-state index in [0.717, 1.165) is 0 Å². The van der Waals surface area contributed by atoms with Crippen molar-refractivity contribution in [2.24, 2.45) is 0 Å². The highest BCUT2D eigenvalue weighted by Gasteiger charge is 2.11. The quantitative estimate of drug-likeness (QED) is 0.921. The van der Waals surface area contributed by atoms with Gasteiger partial charge in [-0.1, -0.05) is 0 Å². The van der Waals surface area contributed by atoms with Crippen molar-refractivity contribution in [3.63, 3.8) is 0 Å². The maximum atomic E-state index is 14.0. The summed E-state index contributed by atoms with van der Waals surface area (Å²) in [5, 5.41) is 2.86. The molecule has 0 bridgehead atoms. The van der Waals surface area contributed by atoms with E-state index >= 15 is 0 Å². The minimum Gasteiger partial charge on any atom is -0.436 e. The Kier molecular flexibility index (Phi) is 4.06. The first-order valence-electron chi connectivity index (χ1n) is 5.84. The van der Waals surface area contributed by atoms with Gasteiger partial charge in [0.15, 0.2) is 5.82 Å². The Balaban J connectivity index is 2.27. The van der Waals surface area contributed by atoms with Crippen molar-refractivity contribution in [2.45, 2.75) is 13.5 Å². The second-order valence-corrected chi connectivity index (χ2v) is 4.13. The van der Waals surface area contributed by atoms with Gasteiger partial charge in [0.1, 0.15) is 11.6 Å². The van der Waals surface area contributed by atoms with Crippen molar-refractivity contribution in [2.75, 3.05) is 7.05 Å². The topological polar surface area (TPSA) is 34.2 Å². The van der Waals surface area contributed by atoms with Gasteiger partial charge in [0, 0.05) is 18.3 Å². The molecule has 1 heterocycles. The van der Waals surface area contributed by atoms with Gasteiger partial charge in [-0.3, -0.25) is 0 Å². The summed E-state index contributed by atoms with van der Waals surface area (Å²) in [4.78, 5) is 3.85. The number of ether oxygens (including phenoxy) is 1. The van der Waals surface area contributed by atoms with E-state index in [4.69, 9.17) is 4.74 Å². The first-order chi connectivity index (χ1) is 9.11. The zero-order valence-electron chi connectivity index (χ0n) is 10.7. The van der Waals surface area contributed by atoms with Crippen LogP contribution in [0, 0.1) is 18.6 Å². The highest BCUT2D eigenvalue weighted by Crippen LogP contribution is 2.25. The molecule has 1 aromatic heterocycles. The third-order valence-corrected chi connectivity index (χ3v) is 2.65. The standard InChI is InChI=1S/C14H14F2N2O/c1-9-7-11(3-4-12(9)15)19-14-13(16)10(8-17-2)5-6-18-14/h3-7,17H,8H2,1-2H3. The smallest absolute Gasteiger partial charge is 0.256 e. The number of nitrogens with zero attached hydrogens (tertiary/aromatic N) is 1. The van der Waals surface area contributed by atoms with Crippen LogP contribution in [-0.2, 0) is 6.54 Å². The zero-order chi connectivity index (χ0) is 13.8. The lowest BCUT2D eigenvalue weighted by Gasteiger charge is -2.09. The van der Waals surface area contributed by atoms with Gasteiger partial charge in [-0.05, 0) is 43.8 Å². The fourth-order valence-corrected chi connectivity index (χ4v) is 1.65. The number of pyridine rings is 1. The number of aromatic nitrogens is 1. The Hall–Kier alpha value is -2.01. The van der Waals surface area contributed by atoms with Crippen LogP contribution in [0.25, 0.3) is 0 Å². The van der Waals surface area contributed by atoms with E-state index in [0.29, 0.717) is 23.4 Å². The molecule has 0 spiro atoms. The number of hydrogen-bond acceptors (Lipinski definition) is 3. The van der Waals surface area contributed by atoms with Gasteiger partial charge >= 0.3 is 0 Å². The predicted octanol–water partition coefficient (Wildman–Crippen LogP) is 3.18. The molecule has 0 aliphatic rings. The van der Waals surface area contributed by atoms with Crippen LogP contribution >= 0.6 is 0 Å². The lowest BCUT2D eigenvalue weighted by atomic mass is 10.2. The molecule has 0 aliphatic carbocycles. The van der Waals surface area contributed by atoms with Gasteiger partial charge in [-0.25, -0.2) is 13.8 Å². The molecule has 3 nitrogen and oxygen atoms in total. The van der Waals surface area contributed by atoms with E-state index in [1.165, 1.54) is 24.4 Å². The third-order valence-electron chi connectivity index (χ3n) is 2.65. The van der Waals surface area contributed by atoms with Gasteiger partial charge in [-0.15, -0.1) is 0 Å². The summed E-state index contributed by atoms with van der Waals surface area (Å²) < 4.78 is 32.5. The highest BCUT2D eigenvalue weighted by molar-refractivity contribution is 5.33. The van der Waals surface area contributed by atoms with Gasteiger partial charge in [-0.2, -0.15) is 0 Å². The number of benzene rings is 1. The Morgan fingerprint density at radius 3 is 2.74 bits per heavy atom. The van der Waals surface area contributed by atoms with E-state index in [1.54, 1.807) is 20.0 Å². The van der Waals surface area contributed by atoms with Crippen LogP contribution in [-0.4, -0.2) is 12.0 Å². The van der Waals surface area contributed by atoms with E-state index in [9.17, 15) is 8.78 Å². The van der Waals surface area contributed by atoms with Crippen LogP contribution in [0.1, 0.15) is 11.1 Å². The SMILES string of the molecule is CNCc1ccnc(Oc2ccc(F)c(C)c2)c1F. The summed E-state index contributed by atoms with van der Waals surface area (Å²) in [5.41, 5.74) is 0.899. The summed E-state index contributed by atoms with van der Waals surface area (Å²) in [6, 6.07) is 5.80. The van der Waals surface area contributed by atoms with Crippen molar-refractivity contribution >= 4 is 0 Å². The summed E-state index contributed by atoms with van der Waals surface area (Å²) in [5.74, 6) is -0.603. The van der Waals surface area contributed by atoms with Crippen molar-refractivity contribution in [1.29, 1.82) is 0 Å². The molecule has 0 saturated carbocycles. The lowest BCUT2D eigenvalue weighted by molar-refractivity contribution is 0.417.